The van der Waals surface area contributed by atoms with Gasteiger partial charge in [0.25, 0.3) is 15.1 Å². The molecule has 6 unspecified atom stereocenters. The third-order valence-corrected chi connectivity index (χ3v) is 44.3. The SMILES string of the molecule is CO[C@]12O[Si]3(OC)O[Si@]4(OC)OC35O[Si]36OC(C)(O4)[Si@@](OC)(O3)O[Si]3(OC)O[Si@@]4(OC)O[C@@]63O[Si]51O[Si@@]2(OC)O4. The zero-order valence-corrected chi connectivity index (χ0v) is 30.2. The van der Waals surface area contributed by atoms with Gasteiger partial charge in [0.2, 0.25) is 5.41 Å². The molecule has 10 saturated heterocycles. The van der Waals surface area contributed by atoms with Crippen molar-refractivity contribution < 1.29 is 87.0 Å². The summed E-state index contributed by atoms with van der Waals surface area (Å²) in [4.78, 5) is 0. The number of ether oxygens (including phenoxy) is 1. The van der Waals surface area contributed by atoms with Gasteiger partial charge in [-0.1, -0.05) is 0 Å². The Bertz CT molecular complexity index is 1260. The lowest BCUT2D eigenvalue weighted by Crippen LogP contribution is -3.03. The fourth-order valence-corrected chi connectivity index (χ4v) is 55.5. The first kappa shape index (κ1) is 27.3. The molecule has 9 bridgehead atoms. The summed E-state index contributed by atoms with van der Waals surface area (Å²) < 4.78 is 128. The zero-order chi connectivity index (χ0) is 28.1. The van der Waals surface area contributed by atoms with Gasteiger partial charge in [0.1, 0.15) is 0 Å². The quantitative estimate of drug-likeness (QED) is 0.236. The molecule has 4 spiro atoms. The number of hydrogen-bond acceptors (Lipinski definition) is 20. The lowest BCUT2D eigenvalue weighted by atomic mass is 10.8. The van der Waals surface area contributed by atoms with Crippen LogP contribution in [-0.2, 0) is 87.0 Å². The molecular formula is C12H24O20Si8. The first-order chi connectivity index (χ1) is 18.9. The molecule has 0 aromatic rings. The van der Waals surface area contributed by atoms with Crippen molar-refractivity contribution in [3.63, 3.8) is 0 Å². The van der Waals surface area contributed by atoms with Crippen molar-refractivity contribution in [3.05, 3.63) is 0 Å². The van der Waals surface area contributed by atoms with Crippen LogP contribution in [0.15, 0.2) is 0 Å². The Labute approximate surface area is 234 Å². The minimum atomic E-state index is -4.59. The Kier molecular flexibility index (Phi) is 4.78. The second-order valence-corrected chi connectivity index (χ2v) is 33.9. The van der Waals surface area contributed by atoms with E-state index in [2.05, 4.69) is 0 Å². The van der Waals surface area contributed by atoms with Crippen molar-refractivity contribution in [2.45, 2.75) is 27.4 Å². The van der Waals surface area contributed by atoms with Crippen molar-refractivity contribution in [3.8, 4) is 0 Å². The summed E-state index contributed by atoms with van der Waals surface area (Å²) in [5.41, 5.74) is -1.84. The van der Waals surface area contributed by atoms with Gasteiger partial charge in [-0.2, -0.15) is 0 Å². The van der Waals surface area contributed by atoms with Crippen LogP contribution < -0.4 is 0 Å². The van der Waals surface area contributed by atoms with Gasteiger partial charge < -0.3 is 87.0 Å². The van der Waals surface area contributed by atoms with Crippen molar-refractivity contribution in [1.82, 2.24) is 0 Å². The monoisotopic (exact) mass is 712 g/mol. The summed E-state index contributed by atoms with van der Waals surface area (Å²) in [7, 11) is -25.5. The van der Waals surface area contributed by atoms with Crippen LogP contribution in [0.1, 0.15) is 6.92 Å². The number of methoxy groups -OCH3 is 1. The minimum Gasteiger partial charge on any atom is -0.384 e. The molecule has 224 valence electrons. The maximum absolute atomic E-state index is 7.08. The van der Waals surface area contributed by atoms with E-state index in [9.17, 15) is 0 Å². The van der Waals surface area contributed by atoms with Gasteiger partial charge in [-0.3, -0.25) is 0 Å². The molecule has 0 N–H and O–H groups in total. The summed E-state index contributed by atoms with van der Waals surface area (Å²) in [6.07, 6.45) is 0. The summed E-state index contributed by atoms with van der Waals surface area (Å²) in [6.45, 7) is 1.53. The molecule has 20 nitrogen and oxygen atoms in total. The van der Waals surface area contributed by atoms with Gasteiger partial charge in [-0.05, 0) is 6.92 Å². The van der Waals surface area contributed by atoms with Crippen molar-refractivity contribution in [1.29, 1.82) is 0 Å². The van der Waals surface area contributed by atoms with E-state index in [1.54, 1.807) is 0 Å². The number of rotatable bonds is 7. The average molecular weight is 713 g/mol. The van der Waals surface area contributed by atoms with E-state index in [4.69, 9.17) is 87.0 Å². The summed E-state index contributed by atoms with van der Waals surface area (Å²) in [5.74, 6) is 0. The maximum atomic E-state index is 7.08. The molecule has 28 heteroatoms. The maximum Gasteiger partial charge on any atom is 0.676 e. The van der Waals surface area contributed by atoms with Gasteiger partial charge in [-0.25, -0.2) is 0 Å². The van der Waals surface area contributed by atoms with Gasteiger partial charge in [0.15, 0.2) is 0 Å². The highest BCUT2D eigenvalue weighted by atomic mass is 28.6. The largest absolute Gasteiger partial charge is 0.676 e. The number of hydrogen-bond donors (Lipinski definition) is 0. The third-order valence-electron chi connectivity index (χ3n) is 8.52. The fourth-order valence-electron chi connectivity index (χ4n) is 6.88. The topological polar surface area (TPSA) is 185 Å². The lowest BCUT2D eigenvalue weighted by Gasteiger charge is -2.66. The highest BCUT2D eigenvalue weighted by molar-refractivity contribution is 7.15. The molecule has 10 fully saturated rings. The zero-order valence-electron chi connectivity index (χ0n) is 22.2. The first-order valence-corrected chi connectivity index (χ1v) is 25.6. The van der Waals surface area contributed by atoms with Gasteiger partial charge in [0.05, 0.1) is 0 Å². The Morgan fingerprint density at radius 1 is 0.450 bits per heavy atom. The summed E-state index contributed by atoms with van der Waals surface area (Å²) in [5, 5.41) is -6.16. The number of fused-ring (bicyclic) bond motifs is 4. The van der Waals surface area contributed by atoms with Crippen LogP contribution in [-0.4, -0.2) is 141 Å². The Balaban J connectivity index is 1.43. The molecule has 0 radical (unpaired) electrons. The highest BCUT2D eigenvalue weighted by Gasteiger charge is 3.18. The standard InChI is InChI=1S/C12H24O20Si8/c1-9-20-38-12-22-33-10(13-2,23-35(15-4)11(33,24-38)25-39(18-7,21-9)30-35)36(16-5,27-33)31-40(19-8,26-12)32-37(12,17-6)28-34(9,14-3)29-38/h1-8H3/t9?,10-,11?,12+,33?,34-,35?,36+,37?,38?,39-,40-/m0/s1. The van der Waals surface area contributed by atoms with Gasteiger partial charge in [0, 0.05) is 49.8 Å². The predicted octanol–water partition coefficient (Wildman–Crippen LogP) is -3.56. The van der Waals surface area contributed by atoms with E-state index in [0.717, 1.165) is 0 Å². The van der Waals surface area contributed by atoms with E-state index in [0.29, 0.717) is 0 Å². The van der Waals surface area contributed by atoms with Crippen molar-refractivity contribution >= 4 is 70.7 Å². The Morgan fingerprint density at radius 2 is 1.07 bits per heavy atom. The van der Waals surface area contributed by atoms with Crippen LogP contribution in [0.2, 0.25) is 0 Å². The molecule has 0 saturated carbocycles. The molecule has 10 aliphatic heterocycles. The van der Waals surface area contributed by atoms with Gasteiger partial charge >= 0.3 is 70.7 Å². The van der Waals surface area contributed by atoms with E-state index in [1.807, 2.05) is 0 Å². The van der Waals surface area contributed by atoms with Crippen molar-refractivity contribution in [2.75, 3.05) is 49.8 Å². The molecule has 10 aliphatic rings. The van der Waals surface area contributed by atoms with E-state index in [1.165, 1.54) is 56.7 Å². The molecule has 0 amide bonds. The molecular weight excluding hydrogens is 689 g/mol. The Hall–Kier alpha value is 0.935. The normalized spacial score (nSPS) is 68.1. The lowest BCUT2D eigenvalue weighted by molar-refractivity contribution is -0.256. The summed E-state index contributed by atoms with van der Waals surface area (Å²) in [6, 6.07) is 0. The average Bonchev–Trinajstić information content (AvgIpc) is 3.50. The van der Waals surface area contributed by atoms with Gasteiger partial charge in [-0.15, -0.1) is 0 Å². The second kappa shape index (κ2) is 7.01. The highest BCUT2D eigenvalue weighted by Crippen LogP contribution is 2.77. The molecule has 0 aliphatic carbocycles. The first-order valence-electron chi connectivity index (χ1n) is 11.8. The van der Waals surface area contributed by atoms with Crippen LogP contribution >= 0.6 is 0 Å². The molecule has 0 aromatic carbocycles. The minimum absolute atomic E-state index is 1.32. The van der Waals surface area contributed by atoms with Crippen LogP contribution in [0.5, 0.6) is 0 Å². The molecule has 12 atom stereocenters. The van der Waals surface area contributed by atoms with Crippen LogP contribution in [0, 0.1) is 0 Å². The van der Waals surface area contributed by atoms with E-state index in [-0.39, 0.29) is 0 Å². The third kappa shape index (κ3) is 2.11. The second-order valence-electron chi connectivity index (χ2n) is 9.95. The smallest absolute Gasteiger partial charge is 0.384 e. The molecule has 0 aromatic heterocycles. The van der Waals surface area contributed by atoms with Crippen molar-refractivity contribution in [2.24, 2.45) is 0 Å². The van der Waals surface area contributed by atoms with E-state index >= 15 is 0 Å². The molecule has 10 rings (SSSR count). The van der Waals surface area contributed by atoms with Crippen LogP contribution in [0.4, 0.5) is 0 Å². The molecule has 10 heterocycles. The van der Waals surface area contributed by atoms with Crippen LogP contribution in [0.3, 0.4) is 0 Å². The molecule has 40 heavy (non-hydrogen) atoms. The van der Waals surface area contributed by atoms with E-state index < -0.39 is 91.2 Å². The predicted molar refractivity (Wildman–Crippen MR) is 126 cm³/mol. The summed E-state index contributed by atoms with van der Waals surface area (Å²) >= 11 is 0. The fraction of sp³-hybridized carbons (Fsp3) is 1.00. The Morgan fingerprint density at radius 3 is 1.70 bits per heavy atom. The van der Waals surface area contributed by atoms with Crippen LogP contribution in [0.25, 0.3) is 0 Å².